The van der Waals surface area contributed by atoms with Crippen LogP contribution >= 0.6 is 0 Å². The molecule has 0 aliphatic carbocycles. The van der Waals surface area contributed by atoms with Gasteiger partial charge in [-0.05, 0) is 55.7 Å². The van der Waals surface area contributed by atoms with Crippen molar-refractivity contribution in [1.82, 2.24) is 4.98 Å². The van der Waals surface area contributed by atoms with Crippen LogP contribution in [-0.2, 0) is 19.6 Å². The Hall–Kier alpha value is -3.38. The maximum atomic E-state index is 13.4. The number of nitrogens with zero attached hydrogens (tertiary/aromatic N) is 1. The van der Waals surface area contributed by atoms with Crippen LogP contribution in [0.3, 0.4) is 0 Å². The highest BCUT2D eigenvalue weighted by Crippen LogP contribution is 2.34. The molecule has 31 heavy (non-hydrogen) atoms. The summed E-state index contributed by atoms with van der Waals surface area (Å²) in [6, 6.07) is 15.7. The van der Waals surface area contributed by atoms with E-state index in [-0.39, 0.29) is 12.4 Å². The topological polar surface area (TPSA) is 70.5 Å². The molecule has 5 nitrogen and oxygen atoms in total. The molecule has 0 atom stereocenters. The molecule has 0 saturated heterocycles. The molecule has 6 heteroatoms. The molecule has 2 N–H and O–H groups in total. The van der Waals surface area contributed by atoms with E-state index in [9.17, 15) is 4.39 Å². The number of furan rings is 1. The molecule has 0 bridgehead atoms. The molecule has 4 aromatic rings. The van der Waals surface area contributed by atoms with E-state index in [0.717, 1.165) is 46.4 Å². The monoisotopic (exact) mass is 420 g/mol. The van der Waals surface area contributed by atoms with Crippen LogP contribution in [0.1, 0.15) is 29.0 Å². The molecule has 2 aromatic heterocycles. The Kier molecular flexibility index (Phi) is 6.48. The van der Waals surface area contributed by atoms with Gasteiger partial charge in [-0.15, -0.1) is 0 Å². The first-order valence-corrected chi connectivity index (χ1v) is 10.3. The van der Waals surface area contributed by atoms with Crippen LogP contribution in [0.4, 0.5) is 4.39 Å². The SMILES string of the molecule is Cc1c(COc2cccc(F)c2)oc2cccc(OCCCc3ncccc3CN)c12. The van der Waals surface area contributed by atoms with Crippen molar-refractivity contribution in [2.24, 2.45) is 5.73 Å². The zero-order chi connectivity index (χ0) is 21.6. The maximum absolute atomic E-state index is 13.4. The van der Waals surface area contributed by atoms with Crippen molar-refractivity contribution in [1.29, 1.82) is 0 Å². The standard InChI is InChI=1S/C25H25FN2O3/c1-17-24(16-30-20-8-2-7-19(26)14-20)31-23-11-3-10-22(25(17)23)29-13-5-9-21-18(15-27)6-4-12-28-21/h2-4,6-8,10-12,14H,5,9,13,15-16,27H2,1H3. The lowest BCUT2D eigenvalue weighted by atomic mass is 10.1. The molecule has 0 spiro atoms. The van der Waals surface area contributed by atoms with Gasteiger partial charge in [0.15, 0.2) is 0 Å². The largest absolute Gasteiger partial charge is 0.493 e. The molecule has 0 unspecified atom stereocenters. The highest BCUT2D eigenvalue weighted by molar-refractivity contribution is 5.88. The van der Waals surface area contributed by atoms with Gasteiger partial charge < -0.3 is 19.6 Å². The molecule has 0 aliphatic heterocycles. The first-order valence-electron chi connectivity index (χ1n) is 10.3. The summed E-state index contributed by atoms with van der Waals surface area (Å²) in [5, 5.41) is 0.931. The Balaban J connectivity index is 1.42. The van der Waals surface area contributed by atoms with Gasteiger partial charge in [-0.1, -0.05) is 18.2 Å². The number of nitrogens with two attached hydrogens (primary N) is 1. The predicted molar refractivity (Wildman–Crippen MR) is 118 cm³/mol. The minimum atomic E-state index is -0.334. The van der Waals surface area contributed by atoms with Gasteiger partial charge in [0, 0.05) is 30.1 Å². The van der Waals surface area contributed by atoms with Gasteiger partial charge in [0.25, 0.3) is 0 Å². The summed E-state index contributed by atoms with van der Waals surface area (Å²) in [5.74, 6) is 1.59. The van der Waals surface area contributed by atoms with Crippen molar-refractivity contribution in [3.63, 3.8) is 0 Å². The molecule has 2 aromatic carbocycles. The number of aryl methyl sites for hydroxylation is 2. The smallest absolute Gasteiger partial charge is 0.146 e. The van der Waals surface area contributed by atoms with Crippen molar-refractivity contribution >= 4 is 11.0 Å². The van der Waals surface area contributed by atoms with Crippen LogP contribution in [0.25, 0.3) is 11.0 Å². The van der Waals surface area contributed by atoms with Crippen LogP contribution in [0.15, 0.2) is 65.2 Å². The Labute approximate surface area is 180 Å². The maximum Gasteiger partial charge on any atom is 0.146 e. The lowest BCUT2D eigenvalue weighted by Crippen LogP contribution is -2.06. The summed E-state index contributed by atoms with van der Waals surface area (Å²) >= 11 is 0. The van der Waals surface area contributed by atoms with E-state index in [0.29, 0.717) is 24.7 Å². The van der Waals surface area contributed by atoms with Crippen molar-refractivity contribution in [2.45, 2.75) is 32.9 Å². The minimum Gasteiger partial charge on any atom is -0.493 e. The molecule has 0 saturated carbocycles. The molecule has 0 fully saturated rings. The molecule has 0 amide bonds. The van der Waals surface area contributed by atoms with Crippen LogP contribution < -0.4 is 15.2 Å². The van der Waals surface area contributed by atoms with Crippen molar-refractivity contribution in [3.05, 3.63) is 89.2 Å². The average Bonchev–Trinajstić information content (AvgIpc) is 3.12. The van der Waals surface area contributed by atoms with Gasteiger partial charge in [0.2, 0.25) is 0 Å². The van der Waals surface area contributed by atoms with E-state index >= 15 is 0 Å². The van der Waals surface area contributed by atoms with Gasteiger partial charge in [0.05, 0.1) is 12.0 Å². The molecule has 4 rings (SSSR count). The molecule has 160 valence electrons. The molecular weight excluding hydrogens is 395 g/mol. The summed E-state index contributed by atoms with van der Waals surface area (Å²) < 4.78 is 31.1. The van der Waals surface area contributed by atoms with E-state index in [4.69, 9.17) is 19.6 Å². The summed E-state index contributed by atoms with van der Waals surface area (Å²) in [7, 11) is 0. The lowest BCUT2D eigenvalue weighted by Gasteiger charge is -2.09. The Bertz CT molecular complexity index is 1170. The third-order valence-electron chi connectivity index (χ3n) is 5.20. The van der Waals surface area contributed by atoms with E-state index in [2.05, 4.69) is 4.98 Å². The third-order valence-corrected chi connectivity index (χ3v) is 5.20. The normalized spacial score (nSPS) is 11.1. The van der Waals surface area contributed by atoms with Crippen LogP contribution in [0, 0.1) is 12.7 Å². The van der Waals surface area contributed by atoms with Crippen LogP contribution in [0.5, 0.6) is 11.5 Å². The van der Waals surface area contributed by atoms with Gasteiger partial charge in [-0.3, -0.25) is 4.98 Å². The quantitative estimate of drug-likeness (QED) is 0.371. The zero-order valence-electron chi connectivity index (χ0n) is 17.4. The first kappa shape index (κ1) is 20.9. The number of benzene rings is 2. The Morgan fingerprint density at radius 3 is 2.77 bits per heavy atom. The zero-order valence-corrected chi connectivity index (χ0v) is 17.4. The fraction of sp³-hybridized carbons (Fsp3) is 0.240. The second kappa shape index (κ2) is 9.62. The number of ether oxygens (including phenoxy) is 2. The Morgan fingerprint density at radius 2 is 1.94 bits per heavy atom. The van der Waals surface area contributed by atoms with E-state index < -0.39 is 0 Å². The molecule has 0 aliphatic rings. The summed E-state index contributed by atoms with van der Waals surface area (Å²) in [4.78, 5) is 4.42. The molecule has 0 radical (unpaired) electrons. The van der Waals surface area contributed by atoms with Crippen LogP contribution in [0.2, 0.25) is 0 Å². The van der Waals surface area contributed by atoms with E-state index in [1.54, 1.807) is 18.3 Å². The summed E-state index contributed by atoms with van der Waals surface area (Å²) in [5.41, 5.74) is 9.56. The molecular formula is C25H25FN2O3. The minimum absolute atomic E-state index is 0.213. The summed E-state index contributed by atoms with van der Waals surface area (Å²) in [6.45, 7) is 3.23. The van der Waals surface area contributed by atoms with Crippen molar-refractivity contribution < 1.29 is 18.3 Å². The second-order valence-electron chi connectivity index (χ2n) is 7.29. The Morgan fingerprint density at radius 1 is 1.06 bits per heavy atom. The van der Waals surface area contributed by atoms with Gasteiger partial charge in [-0.2, -0.15) is 0 Å². The summed E-state index contributed by atoms with van der Waals surface area (Å²) in [6.07, 6.45) is 3.42. The number of pyridine rings is 1. The van der Waals surface area contributed by atoms with Crippen molar-refractivity contribution in [2.75, 3.05) is 6.61 Å². The number of rotatable bonds is 9. The van der Waals surface area contributed by atoms with Crippen LogP contribution in [-0.4, -0.2) is 11.6 Å². The highest BCUT2D eigenvalue weighted by Gasteiger charge is 2.15. The number of hydrogen-bond donors (Lipinski definition) is 1. The average molecular weight is 420 g/mol. The lowest BCUT2D eigenvalue weighted by molar-refractivity contribution is 0.272. The van der Waals surface area contributed by atoms with Crippen molar-refractivity contribution in [3.8, 4) is 11.5 Å². The number of fused-ring (bicyclic) bond motifs is 1. The first-order chi connectivity index (χ1) is 15.2. The number of halogens is 1. The van der Waals surface area contributed by atoms with E-state index in [1.807, 2.05) is 37.3 Å². The van der Waals surface area contributed by atoms with Gasteiger partial charge in [-0.25, -0.2) is 4.39 Å². The fourth-order valence-electron chi connectivity index (χ4n) is 3.58. The van der Waals surface area contributed by atoms with Gasteiger partial charge >= 0.3 is 0 Å². The highest BCUT2D eigenvalue weighted by atomic mass is 19.1. The van der Waals surface area contributed by atoms with E-state index in [1.165, 1.54) is 12.1 Å². The third kappa shape index (κ3) is 4.86. The second-order valence-corrected chi connectivity index (χ2v) is 7.29. The predicted octanol–water partition coefficient (Wildman–Crippen LogP) is 5.32. The number of aromatic nitrogens is 1. The molecule has 2 heterocycles. The number of hydrogen-bond acceptors (Lipinski definition) is 5. The van der Waals surface area contributed by atoms with Gasteiger partial charge in [0.1, 0.15) is 35.3 Å². The fourth-order valence-corrected chi connectivity index (χ4v) is 3.58.